The molecule has 0 atom stereocenters. The van der Waals surface area contributed by atoms with Gasteiger partial charge in [0.15, 0.2) is 0 Å². The minimum atomic E-state index is -0.541. The van der Waals surface area contributed by atoms with Crippen LogP contribution in [0.1, 0.15) is 54.8 Å². The first-order valence-corrected chi connectivity index (χ1v) is 12.6. The van der Waals surface area contributed by atoms with E-state index in [1.165, 1.54) is 22.4 Å². The van der Waals surface area contributed by atoms with E-state index < -0.39 is 11.8 Å². The number of aromatic nitrogens is 1. The molecule has 1 radical (unpaired) electrons. The fourth-order valence-electron chi connectivity index (χ4n) is 5.25. The van der Waals surface area contributed by atoms with Crippen molar-refractivity contribution in [1.82, 2.24) is 10.3 Å². The molecule has 1 aromatic carbocycles. The number of benzene rings is 1. The van der Waals surface area contributed by atoms with E-state index >= 15 is 0 Å². The third kappa shape index (κ3) is 2.79. The molecule has 0 aliphatic carbocycles. The van der Waals surface area contributed by atoms with E-state index in [0.717, 1.165) is 21.3 Å². The van der Waals surface area contributed by atoms with Crippen LogP contribution >= 0.6 is 11.3 Å². The number of hydrogen-bond acceptors (Lipinski definition) is 5. The van der Waals surface area contributed by atoms with Crippen LogP contribution in [-0.2, 0) is 20.4 Å². The van der Waals surface area contributed by atoms with Crippen LogP contribution in [0, 0.1) is 0 Å². The number of nitrogens with one attached hydrogen (secondary N) is 1. The van der Waals surface area contributed by atoms with Gasteiger partial charge in [0.05, 0.1) is 0 Å². The van der Waals surface area contributed by atoms with E-state index in [0.29, 0.717) is 0 Å². The molecular weight excluding hydrogens is 511 g/mol. The maximum atomic E-state index is 12.5. The molecule has 0 unspecified atom stereocenters. The quantitative estimate of drug-likeness (QED) is 0.286. The zero-order valence-electron chi connectivity index (χ0n) is 19.1. The van der Waals surface area contributed by atoms with Crippen molar-refractivity contribution < 1.29 is 9.59 Å². The van der Waals surface area contributed by atoms with Gasteiger partial charge in [-0.05, 0) is 6.07 Å². The first-order valence-electron chi connectivity index (χ1n) is 11.0. The summed E-state index contributed by atoms with van der Waals surface area (Å²) in [6.07, 6.45) is 3.48. The van der Waals surface area contributed by atoms with Gasteiger partial charge in [-0.25, -0.2) is 0 Å². The summed E-state index contributed by atoms with van der Waals surface area (Å²) in [5.74, 6) is -0.0652. The number of amidine groups is 1. The molecule has 2 aromatic heterocycles. The van der Waals surface area contributed by atoms with Crippen molar-refractivity contribution in [3.8, 4) is 0 Å². The number of pyridine rings is 1. The van der Waals surface area contributed by atoms with Crippen LogP contribution in [0.3, 0.4) is 0 Å². The van der Waals surface area contributed by atoms with Gasteiger partial charge in [-0.3, -0.25) is 0 Å². The Bertz CT molecular complexity index is 1500. The number of carbonyl (C=O) groups excluding carboxylic acids is 2. The van der Waals surface area contributed by atoms with E-state index in [1.54, 1.807) is 17.4 Å². The number of anilines is 3. The van der Waals surface area contributed by atoms with Gasteiger partial charge in [-0.2, -0.15) is 0 Å². The predicted molar refractivity (Wildman–Crippen MR) is 135 cm³/mol. The second kappa shape index (κ2) is 6.98. The SMILES string of the molecule is CC1(C)c2cccnc2N2c3sc(/C=C4/C(=O)N=C([Se])NC4=O)cc3C(C)(C)c3cccc1c32. The number of nitrogens with zero attached hydrogens (tertiary/aromatic N) is 3. The van der Waals surface area contributed by atoms with Crippen LogP contribution in [-0.4, -0.2) is 37.5 Å². The first-order chi connectivity index (χ1) is 16.1. The van der Waals surface area contributed by atoms with E-state index in [2.05, 4.69) is 89.2 Å². The summed E-state index contributed by atoms with van der Waals surface area (Å²) < 4.78 is 0.195. The first kappa shape index (κ1) is 21.5. The summed E-state index contributed by atoms with van der Waals surface area (Å²) in [5, 5.41) is 3.64. The number of para-hydroxylation sites is 1. The van der Waals surface area contributed by atoms with E-state index in [9.17, 15) is 9.59 Å². The van der Waals surface area contributed by atoms with Crippen LogP contribution in [0.25, 0.3) is 6.08 Å². The van der Waals surface area contributed by atoms with Gasteiger partial charge in [-0.15, -0.1) is 0 Å². The average molecular weight is 533 g/mol. The molecule has 3 aliphatic rings. The summed E-state index contributed by atoms with van der Waals surface area (Å²) >= 11 is 4.14. The van der Waals surface area contributed by atoms with Crippen molar-refractivity contribution in [2.24, 2.45) is 4.99 Å². The Balaban J connectivity index is 1.61. The molecule has 3 aromatic rings. The number of amides is 2. The molecule has 34 heavy (non-hydrogen) atoms. The number of aliphatic imine (C=N–C) groups is 1. The van der Waals surface area contributed by atoms with Gasteiger partial charge >= 0.3 is 190 Å². The summed E-state index contributed by atoms with van der Waals surface area (Å²) in [4.78, 5) is 36.7. The summed E-state index contributed by atoms with van der Waals surface area (Å²) in [5.41, 5.74) is 5.56. The Hall–Kier alpha value is -3.06. The topological polar surface area (TPSA) is 74.7 Å². The van der Waals surface area contributed by atoms with E-state index in [1.807, 2.05) is 12.3 Å². The molecular formula is C26H21N4O2SSe. The third-order valence-electron chi connectivity index (χ3n) is 7.07. The van der Waals surface area contributed by atoms with Crippen LogP contribution < -0.4 is 10.2 Å². The molecule has 0 spiro atoms. The van der Waals surface area contributed by atoms with Gasteiger partial charge in [-0.1, -0.05) is 13.8 Å². The molecule has 3 aliphatic heterocycles. The summed E-state index contributed by atoms with van der Waals surface area (Å²) in [6.45, 7) is 8.96. The average Bonchev–Trinajstić information content (AvgIpc) is 3.21. The molecule has 169 valence electrons. The molecule has 1 N–H and O–H groups in total. The van der Waals surface area contributed by atoms with Crippen LogP contribution in [0.5, 0.6) is 0 Å². The number of fused-ring (bicyclic) bond motifs is 4. The molecule has 8 heteroatoms. The normalized spacial score (nSPS) is 20.3. The molecule has 6 nitrogen and oxygen atoms in total. The monoisotopic (exact) mass is 533 g/mol. The molecule has 0 bridgehead atoms. The second-order valence-electron chi connectivity index (χ2n) is 9.76. The Morgan fingerprint density at radius 2 is 1.68 bits per heavy atom. The number of hydrogen-bond donors (Lipinski definition) is 1. The Labute approximate surface area is 209 Å². The molecule has 5 heterocycles. The van der Waals surface area contributed by atoms with Gasteiger partial charge in [0.2, 0.25) is 0 Å². The van der Waals surface area contributed by atoms with Crippen molar-refractivity contribution in [3.05, 3.63) is 75.3 Å². The minimum absolute atomic E-state index is 0.0342. The van der Waals surface area contributed by atoms with Crippen molar-refractivity contribution in [1.29, 1.82) is 0 Å². The van der Waals surface area contributed by atoms with E-state index in [-0.39, 0.29) is 21.1 Å². The van der Waals surface area contributed by atoms with Crippen molar-refractivity contribution in [2.75, 3.05) is 4.90 Å². The molecule has 0 saturated heterocycles. The number of carbonyl (C=O) groups is 2. The van der Waals surface area contributed by atoms with Crippen LogP contribution in [0.4, 0.5) is 16.5 Å². The third-order valence-corrected chi connectivity index (χ3v) is 8.54. The van der Waals surface area contributed by atoms with Gasteiger partial charge in [0.25, 0.3) is 0 Å². The van der Waals surface area contributed by atoms with Crippen molar-refractivity contribution in [2.45, 2.75) is 38.5 Å². The standard InChI is InChI=1S/C26H21N4O2SSe/c1-25(2)15-7-5-8-16-19(15)30(20-17(25)9-6-10-27-20)23-18(26(16,3)4)12-13(33-23)11-14-21(31)28-24(34)29-22(14)32/h5-12H,1-4H3,(H,28,29,31,32). The molecule has 2 amide bonds. The Morgan fingerprint density at radius 1 is 1.00 bits per heavy atom. The van der Waals surface area contributed by atoms with Gasteiger partial charge in [0, 0.05) is 0 Å². The zero-order chi connectivity index (χ0) is 24.0. The fourth-order valence-corrected chi connectivity index (χ4v) is 6.88. The fraction of sp³-hybridized carbons (Fsp3) is 0.231. The Kier molecular flexibility index (Phi) is 4.41. The van der Waals surface area contributed by atoms with Crippen molar-refractivity contribution >= 4 is 66.5 Å². The van der Waals surface area contributed by atoms with E-state index in [4.69, 9.17) is 4.98 Å². The van der Waals surface area contributed by atoms with Crippen LogP contribution in [0.15, 0.2) is 53.2 Å². The van der Waals surface area contributed by atoms with Gasteiger partial charge < -0.3 is 0 Å². The summed E-state index contributed by atoms with van der Waals surface area (Å²) in [6, 6.07) is 12.8. The maximum absolute atomic E-state index is 12.5. The van der Waals surface area contributed by atoms with Crippen LogP contribution in [0.2, 0.25) is 0 Å². The molecule has 0 fully saturated rings. The summed E-state index contributed by atoms with van der Waals surface area (Å²) in [7, 11) is 0. The number of thiophene rings is 1. The second-order valence-corrected chi connectivity index (χ2v) is 11.6. The zero-order valence-corrected chi connectivity index (χ0v) is 21.6. The Morgan fingerprint density at radius 3 is 2.38 bits per heavy atom. The predicted octanol–water partition coefficient (Wildman–Crippen LogP) is 4.46. The molecule has 6 rings (SSSR count). The van der Waals surface area contributed by atoms with Crippen molar-refractivity contribution in [3.63, 3.8) is 0 Å². The van der Waals surface area contributed by atoms with Gasteiger partial charge in [0.1, 0.15) is 0 Å². The number of rotatable bonds is 1. The molecule has 0 saturated carbocycles.